The molecule has 0 fully saturated rings. The Morgan fingerprint density at radius 2 is 2.06 bits per heavy atom. The van der Waals surface area contributed by atoms with Crippen LogP contribution in [-0.4, -0.2) is 16.2 Å². The van der Waals surface area contributed by atoms with Crippen LogP contribution in [0.1, 0.15) is 37.5 Å². The number of carbonyl (C=O) groups is 1. The average Bonchev–Trinajstić information content (AvgIpc) is 2.67. The summed E-state index contributed by atoms with van der Waals surface area (Å²) in [5.74, 6) is -0.852. The van der Waals surface area contributed by atoms with E-state index >= 15 is 0 Å². The highest BCUT2D eigenvalue weighted by Gasteiger charge is 2.40. The normalized spacial score (nSPS) is 21.6. The number of rotatable bonds is 3. The number of aliphatic hydroxyl groups excluding tert-OH is 1. The average molecular weight is 232 g/mol. The molecule has 3 nitrogen and oxygen atoms in total. The van der Waals surface area contributed by atoms with Crippen LogP contribution in [-0.2, 0) is 4.79 Å². The molecule has 0 radical (unpaired) electrons. The van der Waals surface area contributed by atoms with Crippen LogP contribution in [0.4, 0.5) is 0 Å². The molecule has 1 aliphatic carbocycles. The van der Waals surface area contributed by atoms with Crippen molar-refractivity contribution in [2.45, 2.75) is 26.4 Å². The number of carboxylic acid groups (broad SMARTS) is 1. The molecule has 2 atom stereocenters. The van der Waals surface area contributed by atoms with Crippen molar-refractivity contribution >= 4 is 11.5 Å². The zero-order valence-electron chi connectivity index (χ0n) is 9.97. The summed E-state index contributed by atoms with van der Waals surface area (Å²) in [7, 11) is 0. The fourth-order valence-corrected chi connectivity index (χ4v) is 2.28. The van der Waals surface area contributed by atoms with Gasteiger partial charge in [0.2, 0.25) is 0 Å². The second-order valence-corrected chi connectivity index (χ2v) is 4.60. The van der Waals surface area contributed by atoms with Gasteiger partial charge in [-0.1, -0.05) is 31.2 Å². The van der Waals surface area contributed by atoms with Crippen molar-refractivity contribution < 1.29 is 15.0 Å². The molecule has 2 unspecified atom stereocenters. The lowest BCUT2D eigenvalue weighted by atomic mass is 9.77. The molecule has 0 bridgehead atoms. The summed E-state index contributed by atoms with van der Waals surface area (Å²) >= 11 is 0. The van der Waals surface area contributed by atoms with Crippen LogP contribution in [0, 0.1) is 5.41 Å². The predicted molar refractivity (Wildman–Crippen MR) is 65.4 cm³/mol. The quantitative estimate of drug-likeness (QED) is 0.842. The highest BCUT2D eigenvalue weighted by molar-refractivity contribution is 5.94. The maximum Gasteiger partial charge on any atom is 0.313 e. The summed E-state index contributed by atoms with van der Waals surface area (Å²) in [6, 6.07) is 7.42. The van der Waals surface area contributed by atoms with E-state index in [1.807, 2.05) is 31.2 Å². The van der Waals surface area contributed by atoms with Gasteiger partial charge in [0.05, 0.1) is 11.5 Å². The molecule has 0 saturated carbocycles. The summed E-state index contributed by atoms with van der Waals surface area (Å²) in [5, 5.41) is 19.3. The second kappa shape index (κ2) is 4.00. The second-order valence-electron chi connectivity index (χ2n) is 4.60. The number of carboxylic acids is 1. The maximum atomic E-state index is 11.4. The van der Waals surface area contributed by atoms with Crippen LogP contribution >= 0.6 is 0 Å². The number of hydrogen-bond donors (Lipinski definition) is 2. The molecule has 1 aromatic rings. The van der Waals surface area contributed by atoms with Gasteiger partial charge in [-0.25, -0.2) is 0 Å². The van der Waals surface area contributed by atoms with Crippen molar-refractivity contribution in [2.24, 2.45) is 5.41 Å². The van der Waals surface area contributed by atoms with E-state index in [9.17, 15) is 15.0 Å². The molecule has 2 N–H and O–H groups in total. The van der Waals surface area contributed by atoms with E-state index in [-0.39, 0.29) is 0 Å². The van der Waals surface area contributed by atoms with E-state index in [1.165, 1.54) is 0 Å². The van der Waals surface area contributed by atoms with Gasteiger partial charge >= 0.3 is 5.97 Å². The summed E-state index contributed by atoms with van der Waals surface area (Å²) in [6.45, 7) is 3.55. The summed E-state index contributed by atoms with van der Waals surface area (Å²) in [4.78, 5) is 11.4. The van der Waals surface area contributed by atoms with E-state index in [0.717, 1.165) is 16.7 Å². The molecule has 0 spiro atoms. The molecule has 17 heavy (non-hydrogen) atoms. The molecule has 2 rings (SSSR count). The minimum absolute atomic E-state index is 0.495. The van der Waals surface area contributed by atoms with Gasteiger partial charge in [0.1, 0.15) is 0 Å². The topological polar surface area (TPSA) is 57.5 Å². The highest BCUT2D eigenvalue weighted by atomic mass is 16.4. The van der Waals surface area contributed by atoms with E-state index in [1.54, 1.807) is 13.0 Å². The molecule has 0 amide bonds. The Labute approximate surface area is 100 Å². The molecule has 90 valence electrons. The third-order valence-electron chi connectivity index (χ3n) is 3.67. The summed E-state index contributed by atoms with van der Waals surface area (Å²) in [5.41, 5.74) is 1.43. The first-order chi connectivity index (χ1) is 8.00. The Balaban J connectivity index is 2.56. The largest absolute Gasteiger partial charge is 0.481 e. The first kappa shape index (κ1) is 11.9. The highest BCUT2D eigenvalue weighted by Crippen LogP contribution is 2.46. The standard InChI is InChI=1S/C14H16O3/c1-3-14(2,13(16)17)11-8-12(15)10-7-5-4-6-9(10)11/h4-8,12,15H,3H2,1-2H3,(H,16,17). The molecular formula is C14H16O3. The van der Waals surface area contributed by atoms with Crippen LogP contribution in [0.25, 0.3) is 5.57 Å². The molecule has 0 saturated heterocycles. The van der Waals surface area contributed by atoms with Gasteiger partial charge in [-0.15, -0.1) is 0 Å². The lowest BCUT2D eigenvalue weighted by molar-refractivity contribution is -0.144. The lowest BCUT2D eigenvalue weighted by Gasteiger charge is -2.25. The minimum Gasteiger partial charge on any atom is -0.481 e. The van der Waals surface area contributed by atoms with Gasteiger partial charge in [0.15, 0.2) is 0 Å². The number of benzene rings is 1. The minimum atomic E-state index is -0.937. The van der Waals surface area contributed by atoms with Gasteiger partial charge in [-0.05, 0) is 36.1 Å². The molecule has 3 heteroatoms. The fraction of sp³-hybridized carbons (Fsp3) is 0.357. The summed E-state index contributed by atoms with van der Waals surface area (Å²) < 4.78 is 0. The third-order valence-corrected chi connectivity index (χ3v) is 3.67. The number of hydrogen-bond acceptors (Lipinski definition) is 2. The van der Waals surface area contributed by atoms with E-state index < -0.39 is 17.5 Å². The Hall–Kier alpha value is -1.61. The van der Waals surface area contributed by atoms with Crippen molar-refractivity contribution in [3.63, 3.8) is 0 Å². The van der Waals surface area contributed by atoms with E-state index in [2.05, 4.69) is 0 Å². The first-order valence-electron chi connectivity index (χ1n) is 5.73. The Kier molecular flexibility index (Phi) is 2.79. The smallest absolute Gasteiger partial charge is 0.313 e. The van der Waals surface area contributed by atoms with Crippen molar-refractivity contribution in [2.75, 3.05) is 0 Å². The van der Waals surface area contributed by atoms with Gasteiger partial charge in [0.25, 0.3) is 0 Å². The van der Waals surface area contributed by atoms with Gasteiger partial charge in [-0.2, -0.15) is 0 Å². The first-order valence-corrected chi connectivity index (χ1v) is 5.73. The van der Waals surface area contributed by atoms with Gasteiger partial charge in [0, 0.05) is 0 Å². The molecular weight excluding hydrogens is 216 g/mol. The Morgan fingerprint density at radius 1 is 1.41 bits per heavy atom. The van der Waals surface area contributed by atoms with Crippen molar-refractivity contribution in [3.05, 3.63) is 41.5 Å². The molecule has 0 aromatic heterocycles. The zero-order chi connectivity index (χ0) is 12.6. The van der Waals surface area contributed by atoms with Crippen LogP contribution in [0.15, 0.2) is 30.3 Å². The van der Waals surface area contributed by atoms with Crippen LogP contribution in [0.5, 0.6) is 0 Å². The van der Waals surface area contributed by atoms with Gasteiger partial charge in [-0.3, -0.25) is 4.79 Å². The predicted octanol–water partition coefficient (Wildman–Crippen LogP) is 2.62. The van der Waals surface area contributed by atoms with Crippen LogP contribution in [0.3, 0.4) is 0 Å². The molecule has 1 aliphatic rings. The van der Waals surface area contributed by atoms with Crippen LogP contribution < -0.4 is 0 Å². The molecule has 0 heterocycles. The Bertz CT molecular complexity index is 490. The maximum absolute atomic E-state index is 11.4. The fourth-order valence-electron chi connectivity index (χ4n) is 2.28. The van der Waals surface area contributed by atoms with Crippen molar-refractivity contribution in [1.29, 1.82) is 0 Å². The van der Waals surface area contributed by atoms with Gasteiger partial charge < -0.3 is 10.2 Å². The van der Waals surface area contributed by atoms with Crippen molar-refractivity contribution in [1.82, 2.24) is 0 Å². The summed E-state index contributed by atoms with van der Waals surface area (Å²) in [6.07, 6.45) is 1.46. The molecule has 1 aromatic carbocycles. The SMILES string of the molecule is CCC(C)(C(=O)O)C1=CC(O)c2ccccc21. The number of aliphatic carboxylic acids is 1. The number of aliphatic hydroxyl groups is 1. The third kappa shape index (κ3) is 1.67. The van der Waals surface area contributed by atoms with Crippen molar-refractivity contribution in [3.8, 4) is 0 Å². The monoisotopic (exact) mass is 232 g/mol. The zero-order valence-corrected chi connectivity index (χ0v) is 9.97. The Morgan fingerprint density at radius 3 is 2.65 bits per heavy atom. The lowest BCUT2D eigenvalue weighted by Crippen LogP contribution is -2.27. The van der Waals surface area contributed by atoms with Crippen LogP contribution in [0.2, 0.25) is 0 Å². The number of fused-ring (bicyclic) bond motifs is 1. The molecule has 0 aliphatic heterocycles. The van der Waals surface area contributed by atoms with E-state index in [0.29, 0.717) is 6.42 Å². The van der Waals surface area contributed by atoms with E-state index in [4.69, 9.17) is 0 Å².